The summed E-state index contributed by atoms with van der Waals surface area (Å²) >= 11 is 5.74. The van der Waals surface area contributed by atoms with Crippen LogP contribution in [0.5, 0.6) is 0 Å². The van der Waals surface area contributed by atoms with Crippen LogP contribution in [0.25, 0.3) is 143 Å². The van der Waals surface area contributed by atoms with Gasteiger partial charge in [0, 0.05) is 134 Å². The average molecular weight is 1620 g/mol. The van der Waals surface area contributed by atoms with Crippen molar-refractivity contribution in [3.63, 3.8) is 0 Å². The minimum atomic E-state index is -0.110. The van der Waals surface area contributed by atoms with E-state index in [0.717, 1.165) is 50.4 Å². The number of para-hydroxylation sites is 6. The van der Waals surface area contributed by atoms with E-state index in [0.29, 0.717) is 0 Å². The maximum atomic E-state index is 6.35. The summed E-state index contributed by atoms with van der Waals surface area (Å²) < 4.78 is 17.0. The summed E-state index contributed by atoms with van der Waals surface area (Å²) in [5, 5.41) is 13.1. The maximum Gasteiger partial charge on any atom is 0.137 e. The van der Waals surface area contributed by atoms with Gasteiger partial charge in [-0.25, -0.2) is 0 Å². The summed E-state index contributed by atoms with van der Waals surface area (Å²) in [5.41, 5.74) is 28.9. The first-order chi connectivity index (χ1) is 58.6. The number of thiophene rings is 3. The Morgan fingerprint density at radius 3 is 1.08 bits per heavy atom. The number of hydrogen-bond acceptors (Lipinski definition) is 6. The average Bonchev–Trinajstić information content (AvgIpc) is 1.69. The van der Waals surface area contributed by atoms with Crippen LogP contribution in [0.15, 0.2) is 350 Å². The van der Waals surface area contributed by atoms with Crippen molar-refractivity contribution in [2.75, 3.05) is 9.80 Å². The third-order valence-electron chi connectivity index (χ3n) is 29.2. The van der Waals surface area contributed by atoms with Crippen molar-refractivity contribution in [1.82, 2.24) is 4.57 Å². The van der Waals surface area contributed by atoms with E-state index in [1.165, 1.54) is 160 Å². The molecule has 0 N–H and O–H groups in total. The topological polar surface area (TPSA) is 24.6 Å². The van der Waals surface area contributed by atoms with Crippen molar-refractivity contribution in [1.29, 1.82) is 0 Å². The Labute approximate surface area is 719 Å². The van der Waals surface area contributed by atoms with E-state index in [9.17, 15) is 0 Å². The number of fused-ring (bicyclic) bond motifs is 27. The fraction of sp³-hybridized carbons (Fsp3) is 0.158. The van der Waals surface area contributed by atoms with E-state index >= 15 is 0 Å². The molecule has 24 rings (SSSR count). The van der Waals surface area contributed by atoms with Crippen LogP contribution in [0, 0.1) is 0 Å². The Hall–Kier alpha value is -12.6. The quantitative estimate of drug-likeness (QED) is 0.159. The first kappa shape index (κ1) is 74.7. The van der Waals surface area contributed by atoms with Crippen LogP contribution in [0.2, 0.25) is 0 Å². The highest BCUT2D eigenvalue weighted by Crippen LogP contribution is 2.62. The zero-order valence-electron chi connectivity index (χ0n) is 70.4. The predicted molar refractivity (Wildman–Crippen MR) is 523 cm³/mol. The number of aromatic nitrogens is 1. The molecule has 121 heavy (non-hydrogen) atoms. The summed E-state index contributed by atoms with van der Waals surface area (Å²) in [5.74, 6) is 0. The number of benzene rings is 16. The van der Waals surface area contributed by atoms with Gasteiger partial charge in [0.25, 0.3) is 0 Å². The molecule has 16 aromatic carbocycles. The Kier molecular flexibility index (Phi) is 16.9. The zero-order chi connectivity index (χ0) is 82.4. The highest BCUT2D eigenvalue weighted by molar-refractivity contribution is 7.27. The minimum absolute atomic E-state index is 0.0357. The van der Waals surface area contributed by atoms with Gasteiger partial charge < -0.3 is 18.8 Å². The molecule has 0 aliphatic heterocycles. The first-order valence-corrected chi connectivity index (χ1v) is 45.0. The molecule has 0 saturated carbocycles. The van der Waals surface area contributed by atoms with Crippen LogP contribution in [-0.4, -0.2) is 4.57 Å². The van der Waals surface area contributed by atoms with Crippen LogP contribution in [-0.2, 0) is 32.5 Å². The molecule has 3 aliphatic carbocycles. The van der Waals surface area contributed by atoms with E-state index in [1.54, 1.807) is 0 Å². The highest BCUT2D eigenvalue weighted by Gasteiger charge is 2.50. The van der Waals surface area contributed by atoms with Crippen LogP contribution in [0.4, 0.5) is 34.1 Å². The number of hydrogen-bond donors (Lipinski definition) is 0. The molecule has 4 nitrogen and oxygen atoms in total. The van der Waals surface area contributed by atoms with Gasteiger partial charge in [-0.3, -0.25) is 0 Å². The Balaban J connectivity index is 0.000000109. The van der Waals surface area contributed by atoms with Gasteiger partial charge in [-0.15, -0.1) is 34.0 Å². The molecule has 588 valence electrons. The maximum absolute atomic E-state index is 6.35. The van der Waals surface area contributed by atoms with Gasteiger partial charge in [-0.1, -0.05) is 289 Å². The normalized spacial score (nSPS) is 15.3. The lowest BCUT2D eigenvalue weighted by molar-refractivity contribution is 0.299. The summed E-state index contributed by atoms with van der Waals surface area (Å²) in [7, 11) is 0. The molecule has 0 unspecified atom stereocenters. The SMILES string of the molecule is CC1(C)c2cc(-n3c4ccccc4c4ccccc43)ccc2-c2c(ccc3sc4ccccc4c23)C1(C)C.CC1(C)c2cc(N(c3ccccc3)c3ccc4c(c3)oc3ccccc34)ccc2-c2c(ccc3c2sc2ccccc23)C1(C)C.CC1(C)c2cc(N(c3ccccc3)c3ccccc3)ccc2-c2c(ccc3sc4ccccc4c23)C1(C)C. The van der Waals surface area contributed by atoms with E-state index in [4.69, 9.17) is 4.42 Å². The van der Waals surface area contributed by atoms with Gasteiger partial charge in [0.2, 0.25) is 0 Å². The van der Waals surface area contributed by atoms with Crippen LogP contribution < -0.4 is 9.80 Å². The predicted octanol–water partition coefficient (Wildman–Crippen LogP) is 33.8. The van der Waals surface area contributed by atoms with E-state index < -0.39 is 0 Å². The molecule has 21 aromatic rings. The highest BCUT2D eigenvalue weighted by atomic mass is 32.1. The smallest absolute Gasteiger partial charge is 0.137 e. The number of nitrogens with zero attached hydrogens (tertiary/aromatic N) is 3. The number of furan rings is 1. The molecule has 0 radical (unpaired) electrons. The van der Waals surface area contributed by atoms with Crippen molar-refractivity contribution >= 4 is 172 Å². The van der Waals surface area contributed by atoms with Gasteiger partial charge in [0.05, 0.1) is 11.0 Å². The lowest BCUT2D eigenvalue weighted by Crippen LogP contribution is -2.43. The third-order valence-corrected chi connectivity index (χ3v) is 32.7. The number of rotatable bonds is 7. The van der Waals surface area contributed by atoms with E-state index in [2.05, 4.69) is 431 Å². The molecular formula is C114H93N3OS3. The Bertz CT molecular complexity index is 7700. The molecule has 0 spiro atoms. The monoisotopic (exact) mass is 1620 g/mol. The van der Waals surface area contributed by atoms with Crippen molar-refractivity contribution < 1.29 is 4.42 Å². The molecule has 5 aromatic heterocycles. The zero-order valence-corrected chi connectivity index (χ0v) is 72.8. The van der Waals surface area contributed by atoms with Crippen molar-refractivity contribution in [2.45, 2.75) is 116 Å². The Morgan fingerprint density at radius 1 is 0.231 bits per heavy atom. The first-order valence-electron chi connectivity index (χ1n) is 42.5. The molecular weight excluding hydrogens is 1520 g/mol. The van der Waals surface area contributed by atoms with Crippen molar-refractivity contribution in [2.24, 2.45) is 0 Å². The summed E-state index contributed by atoms with van der Waals surface area (Å²) in [6.45, 7) is 29.1. The molecule has 0 atom stereocenters. The lowest BCUT2D eigenvalue weighted by atomic mass is 9.55. The molecule has 3 aliphatic rings. The molecule has 7 heteroatoms. The molecule has 0 saturated heterocycles. The van der Waals surface area contributed by atoms with E-state index in [-0.39, 0.29) is 32.5 Å². The third kappa shape index (κ3) is 11.1. The van der Waals surface area contributed by atoms with Gasteiger partial charge in [0.15, 0.2) is 0 Å². The molecule has 0 fully saturated rings. The fourth-order valence-corrected chi connectivity index (χ4v) is 24.2. The summed E-state index contributed by atoms with van der Waals surface area (Å²) in [6.07, 6.45) is 0. The van der Waals surface area contributed by atoms with Gasteiger partial charge in [-0.05, 0) is 227 Å². The summed E-state index contributed by atoms with van der Waals surface area (Å²) in [4.78, 5) is 4.74. The number of anilines is 6. The van der Waals surface area contributed by atoms with Gasteiger partial charge in [-0.2, -0.15) is 0 Å². The van der Waals surface area contributed by atoms with Crippen molar-refractivity contribution in [3.8, 4) is 39.1 Å². The van der Waals surface area contributed by atoms with Crippen LogP contribution in [0.3, 0.4) is 0 Å². The minimum Gasteiger partial charge on any atom is -0.456 e. The fourth-order valence-electron chi connectivity index (χ4n) is 20.7. The summed E-state index contributed by atoms with van der Waals surface area (Å²) in [6, 6.07) is 127. The lowest BCUT2D eigenvalue weighted by Gasteiger charge is -2.49. The largest absolute Gasteiger partial charge is 0.456 e. The standard InChI is InChI=1S/C42H33NOS.C36H29NS.C36H31NS/c1-41(2)34-23-22-32-31-15-9-11-17-38(31)45-40(32)39(34)33-21-19-27(24-35(33)42(41,3)4)43(26-12-6-5-7-13-26)28-18-20-30-29-14-8-10-16-36(29)44-37(30)25-28;1-35(2)27-19-20-32-34(26-13-7-10-16-31(26)38-32)33(27)25-18-17-22(21-28(25)36(35,3)4)37-29-14-8-5-11-23(29)24-12-6-9-15-30(24)37;1-35(2)29-21-22-32-34(28-17-11-12-18-31(28)38-32)33(29)27-20-19-26(23-30(27)36(35,3)4)37(24-13-7-5-8-14-24)25-15-9-6-10-16-25/h5-25H,1-4H3;5-21H,1-4H3;5-23H,1-4H3. The second-order valence-electron chi connectivity index (χ2n) is 36.6. The van der Waals surface area contributed by atoms with Crippen LogP contribution >= 0.6 is 34.0 Å². The molecule has 0 amide bonds. The second kappa shape index (κ2) is 27.5. The van der Waals surface area contributed by atoms with Crippen LogP contribution in [0.1, 0.15) is 116 Å². The van der Waals surface area contributed by atoms with Gasteiger partial charge in [0.1, 0.15) is 11.2 Å². The molecule has 0 bridgehead atoms. The molecule has 5 heterocycles. The second-order valence-corrected chi connectivity index (χ2v) is 39.9. The van der Waals surface area contributed by atoms with E-state index in [1.807, 2.05) is 46.1 Å². The van der Waals surface area contributed by atoms with Crippen molar-refractivity contribution in [3.05, 3.63) is 379 Å². The van der Waals surface area contributed by atoms with Gasteiger partial charge >= 0.3 is 0 Å². The Morgan fingerprint density at radius 2 is 0.579 bits per heavy atom.